The first-order valence-corrected chi connectivity index (χ1v) is 8.44. The molecule has 150 valence electrons. The molecule has 0 radical (unpaired) electrons. The quantitative estimate of drug-likeness (QED) is 0.396. The fourth-order valence-corrected chi connectivity index (χ4v) is 3.20. The van der Waals surface area contributed by atoms with E-state index in [9.17, 15) is 14.7 Å². The van der Waals surface area contributed by atoms with Crippen molar-refractivity contribution in [2.75, 3.05) is 13.2 Å². The lowest BCUT2D eigenvalue weighted by molar-refractivity contribution is 0.0691. The Morgan fingerprint density at radius 1 is 1.29 bits per heavy atom. The van der Waals surface area contributed by atoms with Crippen LogP contribution < -0.4 is 10.9 Å². The molecule has 0 aliphatic rings. The van der Waals surface area contributed by atoms with Gasteiger partial charge in [-0.2, -0.15) is 0 Å². The van der Waals surface area contributed by atoms with Crippen LogP contribution in [0.2, 0.25) is 0 Å². The van der Waals surface area contributed by atoms with Gasteiger partial charge in [0.1, 0.15) is 5.75 Å². The molecule has 0 amide bonds. The van der Waals surface area contributed by atoms with Crippen molar-refractivity contribution in [2.45, 2.75) is 13.5 Å². The van der Waals surface area contributed by atoms with Gasteiger partial charge in [-0.1, -0.05) is 6.07 Å². The number of pyridine rings is 1. The number of hydrogen-bond acceptors (Lipinski definition) is 5. The average Bonchev–Trinajstić information content (AvgIpc) is 2.93. The van der Waals surface area contributed by atoms with Gasteiger partial charge in [-0.15, -0.1) is 12.4 Å². The summed E-state index contributed by atoms with van der Waals surface area (Å²) >= 11 is 0. The highest BCUT2D eigenvalue weighted by Crippen LogP contribution is 2.31. The number of aromatic carboxylic acids is 1. The van der Waals surface area contributed by atoms with Crippen LogP contribution in [-0.4, -0.2) is 44.0 Å². The number of aromatic amines is 1. The number of aromatic hydroxyl groups is 1. The SMILES string of the molecule is Cc1c(-c2ccc3c(c2)cc(CNCCO)n3C)[nH]c(=O)c(C(=O)O)c1O.Cl. The number of carboxylic acids is 1. The summed E-state index contributed by atoms with van der Waals surface area (Å²) in [7, 11) is 1.94. The molecule has 0 saturated heterocycles. The van der Waals surface area contributed by atoms with E-state index in [2.05, 4.69) is 10.3 Å². The molecule has 2 heterocycles. The molecule has 0 aliphatic carbocycles. The minimum Gasteiger partial charge on any atom is -0.506 e. The Hall–Kier alpha value is -2.81. The largest absolute Gasteiger partial charge is 0.506 e. The molecule has 2 aromatic heterocycles. The van der Waals surface area contributed by atoms with E-state index in [0.29, 0.717) is 29.9 Å². The average molecular weight is 408 g/mol. The summed E-state index contributed by atoms with van der Waals surface area (Å²) in [5.74, 6) is -2.00. The first-order valence-electron chi connectivity index (χ1n) is 8.44. The van der Waals surface area contributed by atoms with Crippen molar-refractivity contribution < 1.29 is 20.1 Å². The standard InChI is InChI=1S/C19H21N3O5.ClH/c1-10-16(21-18(25)15(17(10)24)19(26)27)11-3-4-14-12(7-11)8-13(22(14)2)9-20-5-6-23;/h3-4,7-8,20,23H,5-6,9H2,1-2H3,(H,26,27)(H2,21,24,25);1H. The topological polar surface area (TPSA) is 128 Å². The molecule has 9 heteroatoms. The summed E-state index contributed by atoms with van der Waals surface area (Å²) in [4.78, 5) is 25.8. The van der Waals surface area contributed by atoms with Crippen LogP contribution in [0.4, 0.5) is 0 Å². The monoisotopic (exact) mass is 407 g/mol. The van der Waals surface area contributed by atoms with Crippen LogP contribution in [0, 0.1) is 6.92 Å². The van der Waals surface area contributed by atoms with Gasteiger partial charge < -0.3 is 30.2 Å². The van der Waals surface area contributed by atoms with Gasteiger partial charge in [0.15, 0.2) is 5.56 Å². The normalized spacial score (nSPS) is 10.8. The van der Waals surface area contributed by atoms with E-state index in [1.807, 2.05) is 35.9 Å². The molecule has 8 nitrogen and oxygen atoms in total. The summed E-state index contributed by atoms with van der Waals surface area (Å²) in [5, 5.41) is 32.2. The number of nitrogens with zero attached hydrogens (tertiary/aromatic N) is 1. The van der Waals surface area contributed by atoms with Crippen molar-refractivity contribution in [3.63, 3.8) is 0 Å². The minimum atomic E-state index is -1.47. The lowest BCUT2D eigenvalue weighted by Crippen LogP contribution is -2.19. The van der Waals surface area contributed by atoms with Gasteiger partial charge in [0.05, 0.1) is 12.3 Å². The predicted molar refractivity (Wildman–Crippen MR) is 108 cm³/mol. The van der Waals surface area contributed by atoms with Gasteiger partial charge in [-0.05, 0) is 30.7 Å². The van der Waals surface area contributed by atoms with E-state index >= 15 is 0 Å². The summed E-state index contributed by atoms with van der Waals surface area (Å²) in [6.07, 6.45) is 0. The summed E-state index contributed by atoms with van der Waals surface area (Å²) < 4.78 is 2.03. The second-order valence-electron chi connectivity index (χ2n) is 6.35. The van der Waals surface area contributed by atoms with E-state index in [4.69, 9.17) is 10.2 Å². The fraction of sp³-hybridized carbons (Fsp3) is 0.263. The van der Waals surface area contributed by atoms with Gasteiger partial charge in [0, 0.05) is 42.3 Å². The first kappa shape index (κ1) is 21.5. The Balaban J connectivity index is 0.00000280. The summed E-state index contributed by atoms with van der Waals surface area (Å²) in [6, 6.07) is 7.59. The third kappa shape index (κ3) is 3.75. The lowest BCUT2D eigenvalue weighted by Gasteiger charge is -2.10. The van der Waals surface area contributed by atoms with Crippen LogP contribution in [0.3, 0.4) is 0 Å². The smallest absolute Gasteiger partial charge is 0.345 e. The number of rotatable bonds is 6. The Labute approximate surface area is 166 Å². The molecule has 1 aromatic carbocycles. The number of aryl methyl sites for hydroxylation is 1. The minimum absolute atomic E-state index is 0. The number of halogens is 1. The maximum Gasteiger partial charge on any atom is 0.345 e. The highest BCUT2D eigenvalue weighted by molar-refractivity contribution is 5.92. The summed E-state index contributed by atoms with van der Waals surface area (Å²) in [5.41, 5.74) is 1.87. The molecular formula is C19H22ClN3O5. The van der Waals surface area contributed by atoms with Gasteiger partial charge in [0.2, 0.25) is 0 Å². The van der Waals surface area contributed by atoms with Gasteiger partial charge in [-0.3, -0.25) is 4.79 Å². The van der Waals surface area contributed by atoms with Crippen molar-refractivity contribution >= 4 is 29.3 Å². The second-order valence-corrected chi connectivity index (χ2v) is 6.35. The van der Waals surface area contributed by atoms with Crippen molar-refractivity contribution in [3.8, 4) is 17.0 Å². The van der Waals surface area contributed by atoms with E-state index in [1.54, 1.807) is 6.92 Å². The third-order valence-corrected chi connectivity index (χ3v) is 4.67. The van der Waals surface area contributed by atoms with Crippen LogP contribution in [0.1, 0.15) is 21.6 Å². The zero-order chi connectivity index (χ0) is 19.7. The molecule has 28 heavy (non-hydrogen) atoms. The Morgan fingerprint density at radius 3 is 2.64 bits per heavy atom. The Morgan fingerprint density at radius 2 is 2.00 bits per heavy atom. The molecule has 0 aliphatic heterocycles. The summed E-state index contributed by atoms with van der Waals surface area (Å²) in [6.45, 7) is 2.73. The van der Waals surface area contributed by atoms with E-state index in [1.165, 1.54) is 0 Å². The first-order chi connectivity index (χ1) is 12.8. The second kappa shape index (κ2) is 8.47. The number of aliphatic hydroxyl groups is 1. The van der Waals surface area contributed by atoms with Crippen molar-refractivity contribution in [1.29, 1.82) is 0 Å². The number of aromatic nitrogens is 2. The van der Waals surface area contributed by atoms with Gasteiger partial charge >= 0.3 is 5.97 Å². The molecule has 0 bridgehead atoms. The van der Waals surface area contributed by atoms with E-state index < -0.39 is 22.8 Å². The van der Waals surface area contributed by atoms with Crippen molar-refractivity contribution in [2.24, 2.45) is 7.05 Å². The number of carboxylic acid groups (broad SMARTS) is 1. The number of benzene rings is 1. The van der Waals surface area contributed by atoms with Crippen LogP contribution in [0.25, 0.3) is 22.2 Å². The number of carbonyl (C=O) groups is 1. The number of H-pyrrole nitrogens is 1. The van der Waals surface area contributed by atoms with Crippen molar-refractivity contribution in [3.05, 3.63) is 51.4 Å². The molecule has 0 saturated carbocycles. The van der Waals surface area contributed by atoms with E-state index in [0.717, 1.165) is 16.6 Å². The number of fused-ring (bicyclic) bond motifs is 1. The van der Waals surface area contributed by atoms with Crippen LogP contribution in [0.15, 0.2) is 29.1 Å². The zero-order valence-corrected chi connectivity index (χ0v) is 16.3. The highest BCUT2D eigenvalue weighted by atomic mass is 35.5. The highest BCUT2D eigenvalue weighted by Gasteiger charge is 2.20. The zero-order valence-electron chi connectivity index (χ0n) is 15.4. The van der Waals surface area contributed by atoms with E-state index in [-0.39, 0.29) is 19.0 Å². The van der Waals surface area contributed by atoms with Crippen LogP contribution >= 0.6 is 12.4 Å². The maximum absolute atomic E-state index is 12.1. The third-order valence-electron chi connectivity index (χ3n) is 4.67. The lowest BCUT2D eigenvalue weighted by atomic mass is 10.0. The van der Waals surface area contributed by atoms with Crippen LogP contribution in [0.5, 0.6) is 5.75 Å². The Bertz CT molecular complexity index is 1090. The molecular weight excluding hydrogens is 386 g/mol. The van der Waals surface area contributed by atoms with Gasteiger partial charge in [0.25, 0.3) is 5.56 Å². The number of hydrogen-bond donors (Lipinski definition) is 5. The maximum atomic E-state index is 12.1. The molecule has 3 rings (SSSR count). The molecule has 0 spiro atoms. The fourth-order valence-electron chi connectivity index (χ4n) is 3.20. The molecule has 0 unspecified atom stereocenters. The molecule has 3 aromatic rings. The number of aliphatic hydroxyl groups excluding tert-OH is 1. The van der Waals surface area contributed by atoms with Gasteiger partial charge in [-0.25, -0.2) is 4.79 Å². The van der Waals surface area contributed by atoms with Crippen LogP contribution in [-0.2, 0) is 13.6 Å². The molecule has 0 fully saturated rings. The Kier molecular flexibility index (Phi) is 6.50. The predicted octanol–water partition coefficient (Wildman–Crippen LogP) is 1.75. The van der Waals surface area contributed by atoms with Crippen molar-refractivity contribution in [1.82, 2.24) is 14.9 Å². The molecule has 0 atom stereocenters. The number of nitrogens with one attached hydrogen (secondary N) is 2. The molecule has 5 N–H and O–H groups in total.